The maximum Gasteiger partial charge on any atom is 0.217 e. The first-order chi connectivity index (χ1) is 9.02. The number of hydrogen-bond acceptors (Lipinski definition) is 3. The monoisotopic (exact) mass is 260 g/mol. The minimum atomic E-state index is -0.606. The van der Waals surface area contributed by atoms with E-state index in [0.717, 1.165) is 16.8 Å². The van der Waals surface area contributed by atoms with Crippen LogP contribution in [0.15, 0.2) is 24.3 Å². The van der Waals surface area contributed by atoms with Gasteiger partial charge in [0.1, 0.15) is 0 Å². The molecule has 0 saturated carbocycles. The molecule has 1 unspecified atom stereocenters. The molecule has 0 fully saturated rings. The van der Waals surface area contributed by atoms with Gasteiger partial charge in [-0.15, -0.1) is 0 Å². The average Bonchev–Trinajstić information content (AvgIpc) is 2.63. The number of ether oxygens (including phenoxy) is 1. The Morgan fingerprint density at radius 3 is 2.74 bits per heavy atom. The summed E-state index contributed by atoms with van der Waals surface area (Å²) in [5.41, 5.74) is 3.88. The number of methoxy groups -OCH3 is 1. The van der Waals surface area contributed by atoms with Gasteiger partial charge in [-0.25, -0.2) is 4.68 Å². The number of aliphatic hydroxyl groups excluding tert-OH is 1. The van der Waals surface area contributed by atoms with E-state index >= 15 is 0 Å². The van der Waals surface area contributed by atoms with E-state index in [0.29, 0.717) is 12.3 Å². The molecule has 0 aliphatic heterocycles. The molecule has 1 N–H and O–H groups in total. The maximum absolute atomic E-state index is 10.4. The molecule has 102 valence electrons. The zero-order valence-electron chi connectivity index (χ0n) is 11.8. The van der Waals surface area contributed by atoms with Crippen molar-refractivity contribution in [2.24, 2.45) is 7.05 Å². The smallest absolute Gasteiger partial charge is 0.217 e. The van der Waals surface area contributed by atoms with Crippen molar-refractivity contribution in [3.05, 3.63) is 46.6 Å². The molecule has 4 nitrogen and oxygen atoms in total. The van der Waals surface area contributed by atoms with E-state index in [4.69, 9.17) is 4.74 Å². The standard InChI is InChI=1S/C15H20N2O2/c1-10-6-5-7-12(8-10)9-13(18)14-11(2)16-17(3)15(14)19-4/h5-8,13,18H,9H2,1-4H3. The third kappa shape index (κ3) is 2.79. The molecule has 0 aliphatic carbocycles. The lowest BCUT2D eigenvalue weighted by molar-refractivity contribution is 0.172. The molecule has 1 aromatic heterocycles. The molecule has 2 aromatic rings. The largest absolute Gasteiger partial charge is 0.481 e. The summed E-state index contributed by atoms with van der Waals surface area (Å²) in [5, 5.41) is 14.7. The van der Waals surface area contributed by atoms with Crippen molar-refractivity contribution < 1.29 is 9.84 Å². The maximum atomic E-state index is 10.4. The minimum Gasteiger partial charge on any atom is -0.481 e. The van der Waals surface area contributed by atoms with Crippen LogP contribution in [0.5, 0.6) is 5.88 Å². The normalized spacial score (nSPS) is 12.5. The van der Waals surface area contributed by atoms with Gasteiger partial charge >= 0.3 is 0 Å². The number of aromatic nitrogens is 2. The van der Waals surface area contributed by atoms with Gasteiger partial charge in [-0.3, -0.25) is 0 Å². The van der Waals surface area contributed by atoms with E-state index in [1.54, 1.807) is 11.8 Å². The van der Waals surface area contributed by atoms with Crippen LogP contribution in [0.3, 0.4) is 0 Å². The van der Waals surface area contributed by atoms with Crippen molar-refractivity contribution in [2.45, 2.75) is 26.4 Å². The summed E-state index contributed by atoms with van der Waals surface area (Å²) in [6.07, 6.45) is -0.0460. The van der Waals surface area contributed by atoms with E-state index in [1.165, 1.54) is 5.56 Å². The topological polar surface area (TPSA) is 47.3 Å². The Hall–Kier alpha value is -1.81. The Labute approximate surface area is 113 Å². The first-order valence-corrected chi connectivity index (χ1v) is 6.34. The lowest BCUT2D eigenvalue weighted by Crippen LogP contribution is -2.05. The predicted molar refractivity (Wildman–Crippen MR) is 74.3 cm³/mol. The Balaban J connectivity index is 2.27. The molecule has 0 spiro atoms. The van der Waals surface area contributed by atoms with Gasteiger partial charge in [0, 0.05) is 13.5 Å². The summed E-state index contributed by atoms with van der Waals surface area (Å²) in [6.45, 7) is 3.93. The SMILES string of the molecule is COc1c(C(O)Cc2cccc(C)c2)c(C)nn1C. The van der Waals surface area contributed by atoms with Crippen LogP contribution >= 0.6 is 0 Å². The van der Waals surface area contributed by atoms with Crippen molar-refractivity contribution in [2.75, 3.05) is 7.11 Å². The molecule has 2 rings (SSSR count). The van der Waals surface area contributed by atoms with Crippen LogP contribution in [0.25, 0.3) is 0 Å². The van der Waals surface area contributed by atoms with Crippen molar-refractivity contribution in [3.63, 3.8) is 0 Å². The Kier molecular flexibility index (Phi) is 3.90. The Morgan fingerprint density at radius 2 is 2.11 bits per heavy atom. The molecule has 0 amide bonds. The first-order valence-electron chi connectivity index (χ1n) is 6.34. The number of hydrogen-bond donors (Lipinski definition) is 1. The zero-order valence-corrected chi connectivity index (χ0v) is 11.8. The second-order valence-corrected chi connectivity index (χ2v) is 4.84. The molecule has 0 saturated heterocycles. The highest BCUT2D eigenvalue weighted by molar-refractivity contribution is 5.35. The van der Waals surface area contributed by atoms with Crippen LogP contribution < -0.4 is 4.74 Å². The number of benzene rings is 1. The summed E-state index contributed by atoms with van der Waals surface area (Å²) < 4.78 is 6.98. The second-order valence-electron chi connectivity index (χ2n) is 4.84. The second kappa shape index (κ2) is 5.45. The van der Waals surface area contributed by atoms with Crippen LogP contribution in [-0.4, -0.2) is 22.0 Å². The van der Waals surface area contributed by atoms with Gasteiger partial charge in [-0.05, 0) is 19.4 Å². The molecule has 1 atom stereocenters. The minimum absolute atomic E-state index is 0.560. The molecule has 0 radical (unpaired) electrons. The molecular weight excluding hydrogens is 240 g/mol. The van der Waals surface area contributed by atoms with Crippen LogP contribution in [0, 0.1) is 13.8 Å². The summed E-state index contributed by atoms with van der Waals surface area (Å²) in [6, 6.07) is 8.16. The van der Waals surface area contributed by atoms with Gasteiger partial charge in [0.25, 0.3) is 0 Å². The predicted octanol–water partition coefficient (Wildman–Crippen LogP) is 2.32. The fourth-order valence-electron chi connectivity index (χ4n) is 2.44. The van der Waals surface area contributed by atoms with Crippen molar-refractivity contribution >= 4 is 0 Å². The lowest BCUT2D eigenvalue weighted by atomic mass is 10.0. The average molecular weight is 260 g/mol. The summed E-state index contributed by atoms with van der Waals surface area (Å²) in [7, 11) is 3.41. The van der Waals surface area contributed by atoms with E-state index < -0.39 is 6.10 Å². The summed E-state index contributed by atoms with van der Waals surface area (Å²) >= 11 is 0. The van der Waals surface area contributed by atoms with Crippen LogP contribution in [0.4, 0.5) is 0 Å². The molecule has 0 aliphatic rings. The Morgan fingerprint density at radius 1 is 1.37 bits per heavy atom. The van der Waals surface area contributed by atoms with Gasteiger partial charge in [-0.1, -0.05) is 29.8 Å². The summed E-state index contributed by atoms with van der Waals surface area (Å²) in [5.74, 6) is 0.623. The lowest BCUT2D eigenvalue weighted by Gasteiger charge is -2.12. The van der Waals surface area contributed by atoms with E-state index in [9.17, 15) is 5.11 Å². The van der Waals surface area contributed by atoms with Crippen molar-refractivity contribution in [1.29, 1.82) is 0 Å². The number of nitrogens with zero attached hydrogens (tertiary/aromatic N) is 2. The van der Waals surface area contributed by atoms with Gasteiger partial charge < -0.3 is 9.84 Å². The highest BCUT2D eigenvalue weighted by Crippen LogP contribution is 2.30. The first kappa shape index (κ1) is 13.6. The zero-order chi connectivity index (χ0) is 14.0. The molecular formula is C15H20N2O2. The van der Waals surface area contributed by atoms with E-state index in [2.05, 4.69) is 11.2 Å². The van der Waals surface area contributed by atoms with Crippen molar-refractivity contribution in [3.8, 4) is 5.88 Å². The fraction of sp³-hybridized carbons (Fsp3) is 0.400. The molecule has 19 heavy (non-hydrogen) atoms. The molecule has 0 bridgehead atoms. The molecule has 1 aromatic carbocycles. The Bertz CT molecular complexity index is 576. The third-order valence-electron chi connectivity index (χ3n) is 3.25. The van der Waals surface area contributed by atoms with Gasteiger partial charge in [0.05, 0.1) is 24.5 Å². The molecule has 1 heterocycles. The van der Waals surface area contributed by atoms with Crippen molar-refractivity contribution in [1.82, 2.24) is 9.78 Å². The van der Waals surface area contributed by atoms with E-state index in [1.807, 2.05) is 39.1 Å². The highest BCUT2D eigenvalue weighted by atomic mass is 16.5. The number of aliphatic hydroxyl groups is 1. The third-order valence-corrected chi connectivity index (χ3v) is 3.25. The van der Waals surface area contributed by atoms with Gasteiger partial charge in [0.2, 0.25) is 5.88 Å². The summed E-state index contributed by atoms with van der Waals surface area (Å²) in [4.78, 5) is 0. The van der Waals surface area contributed by atoms with Crippen LogP contribution in [-0.2, 0) is 13.5 Å². The fourth-order valence-corrected chi connectivity index (χ4v) is 2.44. The van der Waals surface area contributed by atoms with E-state index in [-0.39, 0.29) is 0 Å². The van der Waals surface area contributed by atoms with Crippen LogP contribution in [0.1, 0.15) is 28.5 Å². The molecule has 4 heteroatoms. The van der Waals surface area contributed by atoms with Gasteiger partial charge in [0.15, 0.2) is 0 Å². The van der Waals surface area contributed by atoms with Gasteiger partial charge in [-0.2, -0.15) is 5.10 Å². The highest BCUT2D eigenvalue weighted by Gasteiger charge is 2.21. The number of aryl methyl sites for hydroxylation is 3. The van der Waals surface area contributed by atoms with Crippen LogP contribution in [0.2, 0.25) is 0 Å². The number of rotatable bonds is 4. The quantitative estimate of drug-likeness (QED) is 0.917.